The molecule has 0 aromatic heterocycles. The maximum atomic E-state index is 13.0. The van der Waals surface area contributed by atoms with Crippen molar-refractivity contribution >= 4 is 49.4 Å². The van der Waals surface area contributed by atoms with Gasteiger partial charge in [-0.05, 0) is 56.8 Å². The molecule has 1 aromatic carbocycles. The maximum absolute atomic E-state index is 13.0. The van der Waals surface area contributed by atoms with E-state index in [0.29, 0.717) is 0 Å². The standard InChI is InChI=1S/C15H16Br2N2O2/c16-10-5-4-6-11(17)13(10)19-9-12(20)18-15(14(19)21)7-2-1-3-8-15/h4-6H,1-3,7-9H2,(H,18,20). The molecule has 3 rings (SSSR count). The molecule has 4 nitrogen and oxygen atoms in total. The van der Waals surface area contributed by atoms with Crippen molar-refractivity contribution in [2.24, 2.45) is 0 Å². The van der Waals surface area contributed by atoms with Gasteiger partial charge in [-0.15, -0.1) is 0 Å². The third-order valence-corrected chi connectivity index (χ3v) is 5.53. The Balaban J connectivity index is 2.02. The minimum absolute atomic E-state index is 0.00870. The van der Waals surface area contributed by atoms with Gasteiger partial charge in [-0.3, -0.25) is 14.5 Å². The van der Waals surface area contributed by atoms with E-state index in [1.165, 1.54) is 0 Å². The Hall–Kier alpha value is -0.880. The Morgan fingerprint density at radius 3 is 2.29 bits per heavy atom. The monoisotopic (exact) mass is 414 g/mol. The van der Waals surface area contributed by atoms with Gasteiger partial charge in [-0.25, -0.2) is 0 Å². The highest BCUT2D eigenvalue weighted by molar-refractivity contribution is 9.11. The van der Waals surface area contributed by atoms with Crippen molar-refractivity contribution in [3.05, 3.63) is 27.1 Å². The summed E-state index contributed by atoms with van der Waals surface area (Å²) in [6.07, 6.45) is 4.56. The van der Waals surface area contributed by atoms with Gasteiger partial charge in [-0.1, -0.05) is 25.3 Å². The number of rotatable bonds is 1. The minimum atomic E-state index is -0.706. The van der Waals surface area contributed by atoms with Gasteiger partial charge in [0.05, 0.1) is 5.69 Å². The zero-order valence-corrected chi connectivity index (χ0v) is 14.7. The van der Waals surface area contributed by atoms with E-state index in [-0.39, 0.29) is 18.4 Å². The molecule has 1 N–H and O–H groups in total. The summed E-state index contributed by atoms with van der Waals surface area (Å²) in [6.45, 7) is 0.0712. The number of piperazine rings is 1. The predicted molar refractivity (Wildman–Crippen MR) is 88.2 cm³/mol. The van der Waals surface area contributed by atoms with Crippen LogP contribution in [0.3, 0.4) is 0 Å². The summed E-state index contributed by atoms with van der Waals surface area (Å²) in [5, 5.41) is 2.96. The molecule has 1 saturated heterocycles. The van der Waals surface area contributed by atoms with Crippen LogP contribution in [0.25, 0.3) is 0 Å². The fraction of sp³-hybridized carbons (Fsp3) is 0.467. The molecule has 1 aliphatic carbocycles. The summed E-state index contributed by atoms with van der Waals surface area (Å²) in [6, 6.07) is 5.66. The molecule has 2 aliphatic rings. The first-order chi connectivity index (χ1) is 10.0. The molecule has 2 amide bonds. The third-order valence-electron chi connectivity index (χ3n) is 4.25. The first kappa shape index (κ1) is 15.0. The average Bonchev–Trinajstić information content (AvgIpc) is 2.45. The second-order valence-electron chi connectivity index (χ2n) is 5.65. The lowest BCUT2D eigenvalue weighted by Gasteiger charge is -2.44. The number of benzene rings is 1. The Bertz CT molecular complexity index is 577. The van der Waals surface area contributed by atoms with Crippen LogP contribution in [0.5, 0.6) is 0 Å². The molecule has 1 saturated carbocycles. The Kier molecular flexibility index (Phi) is 4.10. The van der Waals surface area contributed by atoms with E-state index in [9.17, 15) is 9.59 Å². The van der Waals surface area contributed by atoms with Crippen LogP contribution in [0.15, 0.2) is 27.1 Å². The van der Waals surface area contributed by atoms with Crippen molar-refractivity contribution in [3.63, 3.8) is 0 Å². The zero-order valence-electron chi connectivity index (χ0n) is 11.5. The van der Waals surface area contributed by atoms with Crippen molar-refractivity contribution in [1.29, 1.82) is 0 Å². The van der Waals surface area contributed by atoms with E-state index in [2.05, 4.69) is 37.2 Å². The molecular weight excluding hydrogens is 400 g/mol. The number of carbonyl (C=O) groups is 2. The van der Waals surface area contributed by atoms with Crippen LogP contribution >= 0.6 is 31.9 Å². The van der Waals surface area contributed by atoms with Crippen LogP contribution < -0.4 is 10.2 Å². The van der Waals surface area contributed by atoms with Gasteiger partial charge in [-0.2, -0.15) is 0 Å². The van der Waals surface area contributed by atoms with E-state index in [0.717, 1.165) is 46.7 Å². The highest BCUT2D eigenvalue weighted by atomic mass is 79.9. The summed E-state index contributed by atoms with van der Waals surface area (Å²) in [4.78, 5) is 26.8. The molecular formula is C15H16Br2N2O2. The number of halogens is 2. The zero-order chi connectivity index (χ0) is 15.0. The summed E-state index contributed by atoms with van der Waals surface area (Å²) in [5.74, 6) is -0.0754. The largest absolute Gasteiger partial charge is 0.340 e. The second-order valence-corrected chi connectivity index (χ2v) is 7.36. The number of anilines is 1. The quantitative estimate of drug-likeness (QED) is 0.764. The Morgan fingerprint density at radius 2 is 1.67 bits per heavy atom. The molecule has 1 aliphatic heterocycles. The van der Waals surface area contributed by atoms with Crippen LogP contribution in [-0.4, -0.2) is 23.9 Å². The number of nitrogens with zero attached hydrogens (tertiary/aromatic N) is 1. The lowest BCUT2D eigenvalue weighted by molar-refractivity contribution is -0.137. The first-order valence-corrected chi connectivity index (χ1v) is 8.69. The lowest BCUT2D eigenvalue weighted by Crippen LogP contribution is -2.67. The molecule has 1 spiro atoms. The van der Waals surface area contributed by atoms with Gasteiger partial charge in [0.25, 0.3) is 5.91 Å². The smallest absolute Gasteiger partial charge is 0.253 e. The number of para-hydroxylation sites is 1. The molecule has 1 heterocycles. The molecule has 0 atom stereocenters. The molecule has 2 fully saturated rings. The van der Waals surface area contributed by atoms with Crippen molar-refractivity contribution in [3.8, 4) is 0 Å². The van der Waals surface area contributed by atoms with E-state index in [1.807, 2.05) is 18.2 Å². The normalized spacial score (nSPS) is 21.5. The van der Waals surface area contributed by atoms with Crippen molar-refractivity contribution < 1.29 is 9.59 Å². The number of hydrogen-bond donors (Lipinski definition) is 1. The predicted octanol–water partition coefficient (Wildman–Crippen LogP) is 3.38. The number of amides is 2. The highest BCUT2D eigenvalue weighted by Gasteiger charge is 2.48. The molecule has 1 aromatic rings. The van der Waals surface area contributed by atoms with Crippen LogP contribution in [0.1, 0.15) is 32.1 Å². The van der Waals surface area contributed by atoms with E-state index >= 15 is 0 Å². The highest BCUT2D eigenvalue weighted by Crippen LogP contribution is 2.39. The summed E-state index contributed by atoms with van der Waals surface area (Å²) >= 11 is 6.97. The van der Waals surface area contributed by atoms with Crippen molar-refractivity contribution in [2.45, 2.75) is 37.6 Å². The topological polar surface area (TPSA) is 49.4 Å². The van der Waals surface area contributed by atoms with E-state index in [1.54, 1.807) is 4.90 Å². The third kappa shape index (κ3) is 2.63. The number of nitrogens with one attached hydrogen (secondary N) is 1. The van der Waals surface area contributed by atoms with Gasteiger partial charge < -0.3 is 5.32 Å². The summed E-state index contributed by atoms with van der Waals surface area (Å²) in [7, 11) is 0. The number of hydrogen-bond acceptors (Lipinski definition) is 2. The van der Waals surface area contributed by atoms with Crippen molar-refractivity contribution in [1.82, 2.24) is 5.32 Å². The molecule has 21 heavy (non-hydrogen) atoms. The van der Waals surface area contributed by atoms with Crippen LogP contribution in [0.2, 0.25) is 0 Å². The van der Waals surface area contributed by atoms with Crippen LogP contribution in [0.4, 0.5) is 5.69 Å². The Labute approximate surface area is 140 Å². The molecule has 0 radical (unpaired) electrons. The maximum Gasteiger partial charge on any atom is 0.253 e. The summed E-state index contributed by atoms with van der Waals surface area (Å²) in [5.41, 5.74) is 0.0322. The van der Waals surface area contributed by atoms with Gasteiger partial charge in [0.2, 0.25) is 5.91 Å². The van der Waals surface area contributed by atoms with E-state index in [4.69, 9.17) is 0 Å². The van der Waals surface area contributed by atoms with E-state index < -0.39 is 5.54 Å². The van der Waals surface area contributed by atoms with Crippen LogP contribution in [0, 0.1) is 0 Å². The Morgan fingerprint density at radius 1 is 1.05 bits per heavy atom. The number of carbonyl (C=O) groups excluding carboxylic acids is 2. The second kappa shape index (κ2) is 5.72. The van der Waals surface area contributed by atoms with Gasteiger partial charge in [0.1, 0.15) is 12.1 Å². The van der Waals surface area contributed by atoms with Crippen molar-refractivity contribution in [2.75, 3.05) is 11.4 Å². The SMILES string of the molecule is O=C1CN(c2c(Br)cccc2Br)C(=O)C2(CCCCC2)N1. The fourth-order valence-corrected chi connectivity index (χ4v) is 4.68. The van der Waals surface area contributed by atoms with Gasteiger partial charge >= 0.3 is 0 Å². The molecule has 0 bridgehead atoms. The average molecular weight is 416 g/mol. The molecule has 6 heteroatoms. The molecule has 0 unspecified atom stereocenters. The lowest BCUT2D eigenvalue weighted by atomic mass is 9.79. The van der Waals surface area contributed by atoms with Gasteiger partial charge in [0.15, 0.2) is 0 Å². The summed E-state index contributed by atoms with van der Waals surface area (Å²) < 4.78 is 1.62. The molecule has 112 valence electrons. The fourth-order valence-electron chi connectivity index (χ4n) is 3.26. The van der Waals surface area contributed by atoms with Crippen LogP contribution in [-0.2, 0) is 9.59 Å². The minimum Gasteiger partial charge on any atom is -0.340 e. The van der Waals surface area contributed by atoms with Gasteiger partial charge in [0, 0.05) is 8.95 Å². The first-order valence-electron chi connectivity index (χ1n) is 7.10.